The lowest BCUT2D eigenvalue weighted by molar-refractivity contribution is -0.137. The van der Waals surface area contributed by atoms with Crippen LogP contribution in [0.4, 0.5) is 0 Å². The predicted molar refractivity (Wildman–Crippen MR) is 103 cm³/mol. The maximum absolute atomic E-state index is 12.4. The van der Waals surface area contributed by atoms with Crippen molar-refractivity contribution in [2.45, 2.75) is 32.6 Å². The van der Waals surface area contributed by atoms with Crippen LogP contribution in [0.2, 0.25) is 0 Å². The second-order valence-corrected chi connectivity index (χ2v) is 6.66. The van der Waals surface area contributed by atoms with E-state index in [4.69, 9.17) is 9.47 Å². The summed E-state index contributed by atoms with van der Waals surface area (Å²) in [6, 6.07) is 17.9. The van der Waals surface area contributed by atoms with E-state index in [-0.39, 0.29) is 18.1 Å². The van der Waals surface area contributed by atoms with E-state index in [9.17, 15) is 4.79 Å². The first-order valence-corrected chi connectivity index (χ1v) is 8.99. The second kappa shape index (κ2) is 8.68. The molecule has 26 heavy (non-hydrogen) atoms. The fourth-order valence-corrected chi connectivity index (χ4v) is 2.89. The topological polar surface area (TPSA) is 38.8 Å². The first-order chi connectivity index (χ1) is 12.6. The van der Waals surface area contributed by atoms with Gasteiger partial charge in [-0.15, -0.1) is 0 Å². The van der Waals surface area contributed by atoms with Crippen LogP contribution in [0, 0.1) is 0 Å². The van der Waals surface area contributed by atoms with Gasteiger partial charge in [-0.2, -0.15) is 0 Å². The van der Waals surface area contributed by atoms with E-state index in [0.717, 1.165) is 16.9 Å². The third-order valence-electron chi connectivity index (χ3n) is 4.44. The highest BCUT2D eigenvalue weighted by Crippen LogP contribution is 2.16. The van der Waals surface area contributed by atoms with Crippen LogP contribution in [0.5, 0.6) is 5.75 Å². The lowest BCUT2D eigenvalue weighted by atomic mass is 10.1. The third kappa shape index (κ3) is 4.96. The zero-order valence-corrected chi connectivity index (χ0v) is 15.3. The summed E-state index contributed by atoms with van der Waals surface area (Å²) in [6.45, 7) is 5.77. The number of hydrogen-bond donors (Lipinski definition) is 0. The zero-order chi connectivity index (χ0) is 18.4. The highest BCUT2D eigenvalue weighted by atomic mass is 16.5. The molecule has 1 aliphatic rings. The van der Waals surface area contributed by atoms with Crippen molar-refractivity contribution in [2.24, 2.45) is 0 Å². The summed E-state index contributed by atoms with van der Waals surface area (Å²) in [5.74, 6) is 0.838. The van der Waals surface area contributed by atoms with Crippen molar-refractivity contribution in [1.82, 2.24) is 4.90 Å². The van der Waals surface area contributed by atoms with Gasteiger partial charge in [-0.3, -0.25) is 4.79 Å². The summed E-state index contributed by atoms with van der Waals surface area (Å²) in [4.78, 5) is 14.3. The van der Waals surface area contributed by atoms with Gasteiger partial charge in [-0.25, -0.2) is 0 Å². The number of carbonyl (C=O) groups excluding carboxylic acids is 1. The molecule has 0 unspecified atom stereocenters. The van der Waals surface area contributed by atoms with Crippen molar-refractivity contribution in [3.05, 3.63) is 71.8 Å². The monoisotopic (exact) mass is 351 g/mol. The van der Waals surface area contributed by atoms with E-state index in [0.29, 0.717) is 19.8 Å². The van der Waals surface area contributed by atoms with Gasteiger partial charge in [0.2, 0.25) is 5.91 Å². The number of rotatable bonds is 5. The number of hydrogen-bond acceptors (Lipinski definition) is 3. The van der Waals surface area contributed by atoms with Crippen LogP contribution in [-0.2, 0) is 16.1 Å². The summed E-state index contributed by atoms with van der Waals surface area (Å²) >= 11 is 0. The molecule has 0 radical (unpaired) electrons. The van der Waals surface area contributed by atoms with Gasteiger partial charge in [-0.1, -0.05) is 42.5 Å². The van der Waals surface area contributed by atoms with Crippen LogP contribution in [0.3, 0.4) is 0 Å². The first kappa shape index (κ1) is 18.2. The van der Waals surface area contributed by atoms with Crippen molar-refractivity contribution in [3.63, 3.8) is 0 Å². The molecule has 0 bridgehead atoms. The first-order valence-electron chi connectivity index (χ1n) is 8.99. The zero-order valence-electron chi connectivity index (χ0n) is 15.3. The highest BCUT2D eigenvalue weighted by Gasteiger charge is 2.25. The van der Waals surface area contributed by atoms with E-state index < -0.39 is 0 Å². The Balaban J connectivity index is 1.55. The summed E-state index contributed by atoms with van der Waals surface area (Å²) in [5.41, 5.74) is 2.11. The van der Waals surface area contributed by atoms with Crippen molar-refractivity contribution in [1.29, 1.82) is 0 Å². The van der Waals surface area contributed by atoms with Crippen molar-refractivity contribution in [3.8, 4) is 5.75 Å². The van der Waals surface area contributed by atoms with Crippen LogP contribution in [-0.4, -0.2) is 36.1 Å². The number of carbonyl (C=O) groups is 1. The largest absolute Gasteiger partial charge is 0.489 e. The number of morpholine rings is 1. The highest BCUT2D eigenvalue weighted by molar-refractivity contribution is 5.92. The van der Waals surface area contributed by atoms with Gasteiger partial charge >= 0.3 is 0 Å². The Bertz CT molecular complexity index is 740. The molecule has 1 aliphatic heterocycles. The standard InChI is InChI=1S/C22H25NO3/c1-17-15-25-18(2)14-23(17)22(24)13-10-19-8-11-21(12-9-19)26-16-20-6-4-3-5-7-20/h3-13,17-18H,14-16H2,1-2H3/b13-10+/t17-,18-/m1/s1. The van der Waals surface area contributed by atoms with Crippen molar-refractivity contribution in [2.75, 3.05) is 13.2 Å². The fourth-order valence-electron chi connectivity index (χ4n) is 2.89. The average Bonchev–Trinajstić information content (AvgIpc) is 2.68. The molecule has 0 aromatic heterocycles. The Hall–Kier alpha value is -2.59. The quantitative estimate of drug-likeness (QED) is 0.767. The Morgan fingerprint density at radius 3 is 2.62 bits per heavy atom. The molecule has 1 saturated heterocycles. The third-order valence-corrected chi connectivity index (χ3v) is 4.44. The van der Waals surface area contributed by atoms with E-state index in [1.54, 1.807) is 6.08 Å². The lowest BCUT2D eigenvalue weighted by Crippen LogP contribution is -2.49. The fraction of sp³-hybridized carbons (Fsp3) is 0.318. The van der Waals surface area contributed by atoms with Crippen molar-refractivity contribution < 1.29 is 14.3 Å². The van der Waals surface area contributed by atoms with Crippen LogP contribution in [0.25, 0.3) is 6.08 Å². The molecule has 0 aliphatic carbocycles. The van der Waals surface area contributed by atoms with Crippen LogP contribution < -0.4 is 4.74 Å². The van der Waals surface area contributed by atoms with Crippen LogP contribution >= 0.6 is 0 Å². The molecular formula is C22H25NO3. The summed E-state index contributed by atoms with van der Waals surface area (Å²) in [5, 5.41) is 0. The van der Waals surface area contributed by atoms with Gasteiger partial charge < -0.3 is 14.4 Å². The number of amides is 1. The Kier molecular flexibility index (Phi) is 6.08. The second-order valence-electron chi connectivity index (χ2n) is 6.66. The Labute approximate surface area is 155 Å². The minimum Gasteiger partial charge on any atom is -0.489 e. The van der Waals surface area contributed by atoms with E-state index >= 15 is 0 Å². The molecule has 1 amide bonds. The SMILES string of the molecule is C[C@@H]1CN(C(=O)/C=C/c2ccc(OCc3ccccc3)cc2)[C@H](C)CO1. The van der Waals surface area contributed by atoms with Gasteiger partial charge in [-0.05, 0) is 43.2 Å². The molecule has 2 aromatic carbocycles. The molecule has 2 aromatic rings. The molecule has 4 heteroatoms. The normalized spacial score (nSPS) is 20.3. The van der Waals surface area contributed by atoms with E-state index in [1.165, 1.54) is 0 Å². The van der Waals surface area contributed by atoms with E-state index in [2.05, 4.69) is 0 Å². The Morgan fingerprint density at radius 2 is 1.88 bits per heavy atom. The van der Waals surface area contributed by atoms with Crippen LogP contribution in [0.1, 0.15) is 25.0 Å². The van der Waals surface area contributed by atoms with Crippen LogP contribution in [0.15, 0.2) is 60.7 Å². The van der Waals surface area contributed by atoms with Gasteiger partial charge in [0.15, 0.2) is 0 Å². The van der Waals surface area contributed by atoms with E-state index in [1.807, 2.05) is 79.4 Å². The minimum atomic E-state index is 0.0251. The maximum Gasteiger partial charge on any atom is 0.246 e. The maximum atomic E-state index is 12.4. The van der Waals surface area contributed by atoms with Gasteiger partial charge in [0.25, 0.3) is 0 Å². The predicted octanol–water partition coefficient (Wildman–Crippen LogP) is 3.91. The number of benzene rings is 2. The molecule has 3 rings (SSSR count). The van der Waals surface area contributed by atoms with Gasteiger partial charge in [0.1, 0.15) is 12.4 Å². The molecular weight excluding hydrogens is 326 g/mol. The van der Waals surface area contributed by atoms with Gasteiger partial charge in [0, 0.05) is 12.6 Å². The van der Waals surface area contributed by atoms with Gasteiger partial charge in [0.05, 0.1) is 18.8 Å². The average molecular weight is 351 g/mol. The molecule has 2 atom stereocenters. The molecule has 1 heterocycles. The Morgan fingerprint density at radius 1 is 1.15 bits per heavy atom. The number of ether oxygens (including phenoxy) is 2. The molecule has 4 nitrogen and oxygen atoms in total. The summed E-state index contributed by atoms with van der Waals surface area (Å²) in [6.07, 6.45) is 3.56. The summed E-state index contributed by atoms with van der Waals surface area (Å²) < 4.78 is 11.3. The number of nitrogens with zero attached hydrogens (tertiary/aromatic N) is 1. The molecule has 0 N–H and O–H groups in total. The smallest absolute Gasteiger partial charge is 0.246 e. The lowest BCUT2D eigenvalue weighted by Gasteiger charge is -2.36. The molecule has 1 fully saturated rings. The van der Waals surface area contributed by atoms with Crippen molar-refractivity contribution >= 4 is 12.0 Å². The molecule has 0 saturated carbocycles. The summed E-state index contributed by atoms with van der Waals surface area (Å²) in [7, 11) is 0. The minimum absolute atomic E-state index is 0.0251. The molecule has 136 valence electrons. The molecule has 0 spiro atoms.